The smallest absolute Gasteiger partial charge is 0.308 e. The highest BCUT2D eigenvalue weighted by atomic mass is 35.5. The predicted molar refractivity (Wildman–Crippen MR) is 50.5 cm³/mol. The van der Waals surface area contributed by atoms with Crippen LogP contribution in [0.1, 0.15) is 25.7 Å². The van der Waals surface area contributed by atoms with Crippen LogP contribution in [0.5, 0.6) is 0 Å². The van der Waals surface area contributed by atoms with Gasteiger partial charge in [0.15, 0.2) is 0 Å². The second-order valence-electron chi connectivity index (χ2n) is 4.06. The molecule has 0 aliphatic heterocycles. The van der Waals surface area contributed by atoms with Gasteiger partial charge in [0.2, 0.25) is 0 Å². The van der Waals surface area contributed by atoms with Crippen molar-refractivity contribution in [2.24, 2.45) is 5.41 Å². The molecule has 1 rings (SSSR count). The fourth-order valence-electron chi connectivity index (χ4n) is 1.95. The van der Waals surface area contributed by atoms with Crippen molar-refractivity contribution < 1.29 is 13.2 Å². The van der Waals surface area contributed by atoms with Crippen LogP contribution in [-0.2, 0) is 0 Å². The zero-order valence-electron chi connectivity index (χ0n) is 7.96. The zero-order valence-corrected chi connectivity index (χ0v) is 8.72. The second kappa shape index (κ2) is 4.71. The summed E-state index contributed by atoms with van der Waals surface area (Å²) in [7, 11) is 0. The van der Waals surface area contributed by atoms with Crippen molar-refractivity contribution >= 4 is 11.6 Å². The predicted octanol–water partition coefficient (Wildman–Crippen LogP) is 2.94. The van der Waals surface area contributed by atoms with Crippen LogP contribution in [0.4, 0.5) is 13.2 Å². The van der Waals surface area contributed by atoms with Gasteiger partial charge in [0.25, 0.3) is 0 Å². The maximum Gasteiger partial charge on any atom is 0.401 e. The molecule has 0 aromatic heterocycles. The van der Waals surface area contributed by atoms with E-state index < -0.39 is 12.7 Å². The van der Waals surface area contributed by atoms with Gasteiger partial charge in [0, 0.05) is 12.4 Å². The summed E-state index contributed by atoms with van der Waals surface area (Å²) in [6, 6.07) is 0. The standard InChI is InChI=1S/C9H15ClF3N/c10-5-8(3-1-2-4-8)6-14-7-9(11,12)13/h14H,1-7H2. The lowest BCUT2D eigenvalue weighted by Gasteiger charge is -2.26. The molecule has 1 aliphatic rings. The van der Waals surface area contributed by atoms with Gasteiger partial charge in [-0.05, 0) is 18.3 Å². The molecule has 1 aliphatic carbocycles. The Bertz CT molecular complexity index is 175. The summed E-state index contributed by atoms with van der Waals surface area (Å²) in [5, 5.41) is 2.45. The van der Waals surface area contributed by atoms with E-state index in [1.165, 1.54) is 0 Å². The van der Waals surface area contributed by atoms with E-state index in [4.69, 9.17) is 11.6 Å². The van der Waals surface area contributed by atoms with Gasteiger partial charge in [0.05, 0.1) is 6.54 Å². The van der Waals surface area contributed by atoms with Crippen molar-refractivity contribution in [3.05, 3.63) is 0 Å². The van der Waals surface area contributed by atoms with Crippen molar-refractivity contribution in [3.8, 4) is 0 Å². The molecule has 0 heterocycles. The molecule has 0 unspecified atom stereocenters. The number of hydrogen-bond donors (Lipinski definition) is 1. The first kappa shape index (κ1) is 12.1. The van der Waals surface area contributed by atoms with E-state index in [2.05, 4.69) is 5.32 Å². The van der Waals surface area contributed by atoms with E-state index in [0.29, 0.717) is 12.4 Å². The minimum absolute atomic E-state index is 0.0905. The van der Waals surface area contributed by atoms with Gasteiger partial charge in [-0.1, -0.05) is 12.8 Å². The quantitative estimate of drug-likeness (QED) is 0.731. The molecule has 0 amide bonds. The average Bonchev–Trinajstić information content (AvgIpc) is 2.52. The van der Waals surface area contributed by atoms with Gasteiger partial charge in [0.1, 0.15) is 0 Å². The van der Waals surface area contributed by atoms with Gasteiger partial charge < -0.3 is 5.32 Å². The lowest BCUT2D eigenvalue weighted by molar-refractivity contribution is -0.125. The molecule has 1 fully saturated rings. The molecule has 0 saturated heterocycles. The minimum Gasteiger partial charge on any atom is -0.308 e. The summed E-state index contributed by atoms with van der Waals surface area (Å²) in [6.45, 7) is -0.526. The molecular formula is C9H15ClF3N. The Morgan fingerprint density at radius 1 is 1.21 bits per heavy atom. The molecule has 14 heavy (non-hydrogen) atoms. The van der Waals surface area contributed by atoms with Gasteiger partial charge in [-0.2, -0.15) is 13.2 Å². The fourth-order valence-corrected chi connectivity index (χ4v) is 2.31. The summed E-state index contributed by atoms with van der Waals surface area (Å²) in [5.41, 5.74) is -0.0905. The molecule has 0 spiro atoms. The van der Waals surface area contributed by atoms with Crippen LogP contribution < -0.4 is 5.32 Å². The average molecular weight is 230 g/mol. The van der Waals surface area contributed by atoms with Crippen LogP contribution in [0.2, 0.25) is 0 Å². The van der Waals surface area contributed by atoms with Crippen molar-refractivity contribution in [1.29, 1.82) is 0 Å². The first-order chi connectivity index (χ1) is 6.47. The lowest BCUT2D eigenvalue weighted by Crippen LogP contribution is -2.38. The first-order valence-electron chi connectivity index (χ1n) is 4.81. The molecule has 1 N–H and O–H groups in total. The van der Waals surface area contributed by atoms with Crippen LogP contribution in [0.25, 0.3) is 0 Å². The number of halogens is 4. The topological polar surface area (TPSA) is 12.0 Å². The van der Waals surface area contributed by atoms with Crippen molar-refractivity contribution in [2.45, 2.75) is 31.9 Å². The number of alkyl halides is 4. The lowest BCUT2D eigenvalue weighted by atomic mass is 9.88. The van der Waals surface area contributed by atoms with E-state index in [0.717, 1.165) is 25.7 Å². The Labute approximate surface area is 87.0 Å². The molecule has 0 bridgehead atoms. The number of hydrogen-bond acceptors (Lipinski definition) is 1. The van der Waals surface area contributed by atoms with Crippen molar-refractivity contribution in [2.75, 3.05) is 19.0 Å². The maximum absolute atomic E-state index is 11.9. The molecule has 0 atom stereocenters. The highest BCUT2D eigenvalue weighted by Gasteiger charge is 2.34. The third kappa shape index (κ3) is 3.65. The highest BCUT2D eigenvalue weighted by Crippen LogP contribution is 2.38. The summed E-state index contributed by atoms with van der Waals surface area (Å²) in [6.07, 6.45) is -0.0599. The van der Waals surface area contributed by atoms with E-state index in [1.54, 1.807) is 0 Å². The zero-order chi connectivity index (χ0) is 10.7. The summed E-state index contributed by atoms with van der Waals surface area (Å²) < 4.78 is 35.6. The Balaban J connectivity index is 2.28. The molecule has 5 heteroatoms. The summed E-state index contributed by atoms with van der Waals surface area (Å²) >= 11 is 5.79. The van der Waals surface area contributed by atoms with E-state index in [1.807, 2.05) is 0 Å². The summed E-state index contributed by atoms with van der Waals surface area (Å²) in [5.74, 6) is 0.456. The Morgan fingerprint density at radius 2 is 1.79 bits per heavy atom. The normalized spacial score (nSPS) is 21.4. The molecule has 0 aromatic carbocycles. The SMILES string of the molecule is FC(F)(F)CNCC1(CCl)CCCC1. The Kier molecular flexibility index (Phi) is 4.07. The van der Waals surface area contributed by atoms with Crippen LogP contribution in [-0.4, -0.2) is 25.1 Å². The van der Waals surface area contributed by atoms with E-state index in [-0.39, 0.29) is 5.41 Å². The van der Waals surface area contributed by atoms with E-state index >= 15 is 0 Å². The number of nitrogens with one attached hydrogen (secondary N) is 1. The third-order valence-corrected chi connectivity index (χ3v) is 3.34. The molecule has 1 saturated carbocycles. The van der Waals surface area contributed by atoms with Gasteiger partial charge >= 0.3 is 6.18 Å². The fraction of sp³-hybridized carbons (Fsp3) is 1.00. The molecule has 1 nitrogen and oxygen atoms in total. The monoisotopic (exact) mass is 229 g/mol. The van der Waals surface area contributed by atoms with Crippen LogP contribution >= 0.6 is 11.6 Å². The first-order valence-corrected chi connectivity index (χ1v) is 5.34. The van der Waals surface area contributed by atoms with E-state index in [9.17, 15) is 13.2 Å². The van der Waals surface area contributed by atoms with Crippen LogP contribution in [0, 0.1) is 5.41 Å². The van der Waals surface area contributed by atoms with Gasteiger partial charge in [-0.25, -0.2) is 0 Å². The molecule has 0 aromatic rings. The Morgan fingerprint density at radius 3 is 2.21 bits per heavy atom. The van der Waals surface area contributed by atoms with Gasteiger partial charge in [-0.3, -0.25) is 0 Å². The summed E-state index contributed by atoms with van der Waals surface area (Å²) in [4.78, 5) is 0. The third-order valence-electron chi connectivity index (χ3n) is 2.77. The molecule has 0 radical (unpaired) electrons. The Hall–Kier alpha value is 0.0400. The maximum atomic E-state index is 11.9. The van der Waals surface area contributed by atoms with Crippen molar-refractivity contribution in [3.63, 3.8) is 0 Å². The van der Waals surface area contributed by atoms with Crippen molar-refractivity contribution in [1.82, 2.24) is 5.32 Å². The second-order valence-corrected chi connectivity index (χ2v) is 4.33. The van der Waals surface area contributed by atoms with Crippen LogP contribution in [0.3, 0.4) is 0 Å². The van der Waals surface area contributed by atoms with Crippen LogP contribution in [0.15, 0.2) is 0 Å². The highest BCUT2D eigenvalue weighted by molar-refractivity contribution is 6.18. The molecule has 84 valence electrons. The van der Waals surface area contributed by atoms with Gasteiger partial charge in [-0.15, -0.1) is 11.6 Å². The molecular weight excluding hydrogens is 215 g/mol. The largest absolute Gasteiger partial charge is 0.401 e. The minimum atomic E-state index is -4.12. The number of rotatable bonds is 4.